The maximum absolute atomic E-state index is 13.4. The summed E-state index contributed by atoms with van der Waals surface area (Å²) in [7, 11) is 1.02. The quantitative estimate of drug-likeness (QED) is 0.0141. The maximum Gasteiger partial charge on any atom is 0.514 e. The molecule has 29 heteroatoms. The molecule has 0 spiro atoms. The van der Waals surface area contributed by atoms with Crippen molar-refractivity contribution in [2.24, 2.45) is 0 Å². The number of hydrogen-bond acceptors (Lipinski definition) is 26. The second-order valence-corrected chi connectivity index (χ2v) is 19.5. The zero-order valence-corrected chi connectivity index (χ0v) is 50.3. The van der Waals surface area contributed by atoms with E-state index < -0.39 is 84.3 Å². The predicted molar refractivity (Wildman–Crippen MR) is 311 cm³/mol. The number of esters is 4. The van der Waals surface area contributed by atoms with Gasteiger partial charge in [-0.05, 0) is 52.1 Å². The summed E-state index contributed by atoms with van der Waals surface area (Å²) >= 11 is 0. The van der Waals surface area contributed by atoms with E-state index in [9.17, 15) is 43.7 Å². The smallest absolute Gasteiger partial charge is 0.467 e. The summed E-state index contributed by atoms with van der Waals surface area (Å²) in [6, 6.07) is 25.1. The molecule has 6 rings (SSSR count). The van der Waals surface area contributed by atoms with Crippen molar-refractivity contribution in [3.05, 3.63) is 118 Å². The molecular formula is C61H75N3O26. The molecule has 2 N–H and O–H groups in total. The van der Waals surface area contributed by atoms with Crippen LogP contribution in [-0.4, -0.2) is 204 Å². The number of ether oxygens (including phenoxy) is 17. The van der Waals surface area contributed by atoms with Crippen molar-refractivity contribution in [2.45, 2.75) is 70.4 Å². The van der Waals surface area contributed by atoms with Gasteiger partial charge in [0.1, 0.15) is 24.7 Å². The van der Waals surface area contributed by atoms with E-state index in [2.05, 4.69) is 34.9 Å². The number of amides is 2. The summed E-state index contributed by atoms with van der Waals surface area (Å²) in [6.45, 7) is 8.12. The summed E-state index contributed by atoms with van der Waals surface area (Å²) in [6.07, 6.45) is -10.5. The fourth-order valence-corrected chi connectivity index (χ4v) is 8.96. The Hall–Kier alpha value is -8.39. The third kappa shape index (κ3) is 24.2. The van der Waals surface area contributed by atoms with Gasteiger partial charge in [0, 0.05) is 45.4 Å². The van der Waals surface area contributed by atoms with Gasteiger partial charge in [0.15, 0.2) is 18.3 Å². The Labute approximate surface area is 518 Å². The van der Waals surface area contributed by atoms with E-state index in [4.69, 9.17) is 80.5 Å². The van der Waals surface area contributed by atoms with Crippen molar-refractivity contribution in [3.63, 3.8) is 0 Å². The first-order chi connectivity index (χ1) is 43.6. The first-order valence-electron chi connectivity index (χ1n) is 28.8. The molecule has 0 unspecified atom stereocenters. The van der Waals surface area contributed by atoms with Gasteiger partial charge in [0.25, 0.3) is 5.69 Å². The fraction of sp³-hybridized carbons (Fsp3) is 0.492. The van der Waals surface area contributed by atoms with Crippen molar-refractivity contribution in [1.82, 2.24) is 5.32 Å². The number of nitrogens with one attached hydrogen (secondary N) is 2. The lowest BCUT2D eigenvalue weighted by molar-refractivity contribution is -0.384. The minimum atomic E-state index is -1.79. The van der Waals surface area contributed by atoms with Crippen LogP contribution in [0, 0.1) is 10.1 Å². The lowest BCUT2D eigenvalue weighted by Crippen LogP contribution is -2.64. The molecule has 1 saturated heterocycles. The van der Waals surface area contributed by atoms with Crippen molar-refractivity contribution in [3.8, 4) is 22.6 Å². The highest BCUT2D eigenvalue weighted by atomic mass is 16.7. The van der Waals surface area contributed by atoms with Crippen LogP contribution in [0.25, 0.3) is 11.1 Å². The van der Waals surface area contributed by atoms with E-state index in [-0.39, 0.29) is 73.8 Å². The Bertz CT molecular complexity index is 2900. The van der Waals surface area contributed by atoms with Crippen LogP contribution in [0.5, 0.6) is 11.5 Å². The molecule has 5 atom stereocenters. The Morgan fingerprint density at radius 3 is 1.57 bits per heavy atom. The number of methoxy groups -OCH3 is 1. The van der Waals surface area contributed by atoms with Crippen LogP contribution in [0.1, 0.15) is 49.8 Å². The topological polar surface area (TPSA) is 344 Å². The Morgan fingerprint density at radius 2 is 1.06 bits per heavy atom. The van der Waals surface area contributed by atoms with E-state index in [1.165, 1.54) is 41.5 Å². The van der Waals surface area contributed by atoms with Gasteiger partial charge in [-0.2, -0.15) is 0 Å². The highest BCUT2D eigenvalue weighted by molar-refractivity contribution is 5.92. The number of fused-ring (bicyclic) bond motifs is 3. The van der Waals surface area contributed by atoms with Crippen LogP contribution in [0.2, 0.25) is 0 Å². The van der Waals surface area contributed by atoms with Gasteiger partial charge in [-0.3, -0.25) is 29.3 Å². The van der Waals surface area contributed by atoms with Crippen molar-refractivity contribution < 1.29 is 119 Å². The molecule has 0 bridgehead atoms. The molecule has 490 valence electrons. The second kappa shape index (κ2) is 38.9. The van der Waals surface area contributed by atoms with Crippen LogP contribution >= 0.6 is 0 Å². The second-order valence-electron chi connectivity index (χ2n) is 19.5. The van der Waals surface area contributed by atoms with Crippen LogP contribution in [0.3, 0.4) is 0 Å². The van der Waals surface area contributed by atoms with E-state index in [1.807, 2.05) is 24.3 Å². The van der Waals surface area contributed by atoms with E-state index >= 15 is 0 Å². The van der Waals surface area contributed by atoms with E-state index in [1.54, 1.807) is 0 Å². The SMILES string of the molecule is COC(=O)[C@H]1O[C@@H](Oc2ccc(COC(=O)Oc3ccc([N+](=O)[O-])cc3)cc2NC(=O)CCOCCOCCOCCOCCOCCOCCOCCOCCNC(=O)OCC2c3ccccc3-c3ccccc32)[C@H](OC(C)=O)[C@@H](OC(C)=O)[C@@H]1OC(C)=O. The standard InChI is InChI=1S/C61H75N3O26/c1-40(65)85-54-55(86-41(2)66)57(87-42(3)67)59(90-56(54)58(69)74-4)89-52-18-13-43(38-84-61(71)88-45-16-14-44(15-17-45)64(72)73)37-51(52)63-53(68)19-21-75-23-25-77-27-29-79-31-33-81-35-36-82-34-32-80-30-28-78-26-24-76-22-20-62-60(70)83-39-50-48-11-7-5-9-46(48)47-10-6-8-12-49(47)50/h5-18,37,50,54-57,59H,19-36,38-39H2,1-4H3,(H,62,70)(H,63,68)/t54-,55-,56-,57+,59+/m0/s1. The highest BCUT2D eigenvalue weighted by Crippen LogP contribution is 2.44. The number of nitro benzene ring substituents is 1. The van der Waals surface area contributed by atoms with E-state index in [0.717, 1.165) is 51.1 Å². The van der Waals surface area contributed by atoms with Crippen LogP contribution < -0.4 is 20.1 Å². The molecule has 2 amide bonds. The molecule has 1 fully saturated rings. The molecule has 0 aromatic heterocycles. The van der Waals surface area contributed by atoms with Gasteiger partial charge in [-0.25, -0.2) is 14.4 Å². The summed E-state index contributed by atoms with van der Waals surface area (Å²) in [5.74, 6) is -4.61. The number of benzene rings is 4. The fourth-order valence-electron chi connectivity index (χ4n) is 8.96. The van der Waals surface area contributed by atoms with Crippen molar-refractivity contribution in [1.29, 1.82) is 0 Å². The predicted octanol–water partition coefficient (Wildman–Crippen LogP) is 5.38. The molecular weight excluding hydrogens is 1190 g/mol. The number of anilines is 1. The summed E-state index contributed by atoms with van der Waals surface area (Å²) < 4.78 is 93.3. The summed E-state index contributed by atoms with van der Waals surface area (Å²) in [5.41, 5.74) is 4.63. The Morgan fingerprint density at radius 1 is 0.567 bits per heavy atom. The zero-order chi connectivity index (χ0) is 64.5. The van der Waals surface area contributed by atoms with Crippen LogP contribution in [0.15, 0.2) is 91.0 Å². The maximum atomic E-state index is 13.4. The lowest BCUT2D eigenvalue weighted by atomic mass is 9.97. The summed E-state index contributed by atoms with van der Waals surface area (Å²) in [4.78, 5) is 98.6. The number of rotatable bonds is 40. The molecule has 1 aliphatic carbocycles. The average Bonchev–Trinajstić information content (AvgIpc) is 1.50. The number of non-ortho nitro benzene ring substituents is 1. The normalized spacial score (nSPS) is 16.6. The van der Waals surface area contributed by atoms with Gasteiger partial charge in [-0.1, -0.05) is 54.6 Å². The molecule has 90 heavy (non-hydrogen) atoms. The average molecular weight is 1270 g/mol. The first-order valence-corrected chi connectivity index (χ1v) is 28.8. The molecule has 29 nitrogen and oxygen atoms in total. The number of alkyl carbamates (subject to hydrolysis) is 1. The number of carbonyl (C=O) groups excluding carboxylic acids is 7. The number of nitrogens with zero attached hydrogens (tertiary/aromatic N) is 1. The monoisotopic (exact) mass is 1270 g/mol. The number of hydrogen-bond donors (Lipinski definition) is 2. The third-order valence-electron chi connectivity index (χ3n) is 12.9. The highest BCUT2D eigenvalue weighted by Gasteiger charge is 2.56. The Kier molecular flexibility index (Phi) is 30.6. The van der Waals surface area contributed by atoms with Crippen LogP contribution in [0.4, 0.5) is 21.0 Å². The van der Waals surface area contributed by atoms with Crippen LogP contribution in [-0.2, 0) is 102 Å². The molecule has 4 aromatic carbocycles. The number of carbonyl (C=O) groups is 7. The molecule has 0 radical (unpaired) electrons. The minimum absolute atomic E-state index is 0.00318. The molecule has 1 heterocycles. The first kappa shape index (κ1) is 70.7. The van der Waals surface area contributed by atoms with Gasteiger partial charge >= 0.3 is 36.1 Å². The molecule has 4 aromatic rings. The van der Waals surface area contributed by atoms with Crippen molar-refractivity contribution >= 4 is 53.4 Å². The third-order valence-corrected chi connectivity index (χ3v) is 12.9. The molecule has 0 saturated carbocycles. The van der Waals surface area contributed by atoms with Gasteiger partial charge in [0.2, 0.25) is 18.3 Å². The van der Waals surface area contributed by atoms with Gasteiger partial charge < -0.3 is 91.2 Å². The van der Waals surface area contributed by atoms with Gasteiger partial charge in [-0.15, -0.1) is 0 Å². The molecule has 2 aliphatic rings. The number of nitro groups is 1. The largest absolute Gasteiger partial charge is 0.514 e. The minimum Gasteiger partial charge on any atom is -0.467 e. The van der Waals surface area contributed by atoms with Crippen molar-refractivity contribution in [2.75, 3.05) is 131 Å². The zero-order valence-electron chi connectivity index (χ0n) is 50.3. The lowest BCUT2D eigenvalue weighted by Gasteiger charge is -2.43. The Balaban J connectivity index is 0.797. The van der Waals surface area contributed by atoms with E-state index in [0.29, 0.717) is 85.8 Å². The van der Waals surface area contributed by atoms with Gasteiger partial charge in [0.05, 0.1) is 130 Å². The molecule has 1 aliphatic heterocycles. The summed E-state index contributed by atoms with van der Waals surface area (Å²) in [5, 5.41) is 16.4.